The van der Waals surface area contributed by atoms with Crippen molar-refractivity contribution in [3.8, 4) is 5.75 Å². The lowest BCUT2D eigenvalue weighted by atomic mass is 10.1. The number of aromatic hydroxyl groups is 1. The predicted octanol–water partition coefficient (Wildman–Crippen LogP) is 2.70. The Morgan fingerprint density at radius 2 is 2.06 bits per heavy atom. The third kappa shape index (κ3) is 5.97. The highest BCUT2D eigenvalue weighted by Gasteiger charge is 2.21. The third-order valence-electron chi connectivity index (χ3n) is 5.19. The van der Waals surface area contributed by atoms with Crippen molar-refractivity contribution in [3.05, 3.63) is 63.1 Å². The van der Waals surface area contributed by atoms with Gasteiger partial charge in [0, 0.05) is 37.0 Å². The second-order valence-electron chi connectivity index (χ2n) is 7.48. The topological polar surface area (TPSA) is 91.6 Å². The second-order valence-corrected chi connectivity index (χ2v) is 7.48. The summed E-state index contributed by atoms with van der Waals surface area (Å²) in [5.41, 5.74) is -1.56. The maximum absolute atomic E-state index is 13.8. The lowest BCUT2D eigenvalue weighted by Crippen LogP contribution is -2.36. The number of amides is 1. The van der Waals surface area contributed by atoms with E-state index in [4.69, 9.17) is 0 Å². The van der Waals surface area contributed by atoms with E-state index >= 15 is 0 Å². The van der Waals surface area contributed by atoms with Crippen molar-refractivity contribution in [3.63, 3.8) is 0 Å². The quantitative estimate of drug-likeness (QED) is 0.560. The molecule has 168 valence electrons. The molecule has 0 radical (unpaired) electrons. The molecule has 9 heteroatoms. The Kier molecular flexibility index (Phi) is 8.44. The van der Waals surface area contributed by atoms with E-state index in [0.29, 0.717) is 12.4 Å². The van der Waals surface area contributed by atoms with Gasteiger partial charge >= 0.3 is 0 Å². The number of aromatic nitrogens is 1. The van der Waals surface area contributed by atoms with Crippen molar-refractivity contribution < 1.29 is 23.5 Å². The Labute approximate surface area is 179 Å². The summed E-state index contributed by atoms with van der Waals surface area (Å²) in [6, 6.07) is 2.88. The molecule has 2 aromatic rings. The van der Waals surface area contributed by atoms with Gasteiger partial charge in [0.1, 0.15) is 22.9 Å². The van der Waals surface area contributed by atoms with Crippen molar-refractivity contribution in [1.29, 1.82) is 0 Å². The number of likely N-dealkylation sites (N-methyl/N-ethyl adjacent to an activating group) is 1. The van der Waals surface area contributed by atoms with Crippen LogP contribution in [0.1, 0.15) is 53.1 Å². The van der Waals surface area contributed by atoms with Crippen LogP contribution in [0.2, 0.25) is 0 Å². The highest BCUT2D eigenvalue weighted by Crippen LogP contribution is 2.15. The predicted molar refractivity (Wildman–Crippen MR) is 112 cm³/mol. The number of hydrogen-bond acceptors (Lipinski definition) is 5. The third-order valence-corrected chi connectivity index (χ3v) is 5.19. The molecule has 0 aliphatic heterocycles. The molecule has 1 atom stereocenters. The first-order valence-corrected chi connectivity index (χ1v) is 10.0. The van der Waals surface area contributed by atoms with Crippen molar-refractivity contribution in [2.45, 2.75) is 45.8 Å². The normalized spacial score (nSPS) is 12.1. The molecular weight excluding hydrogens is 408 g/mol. The number of rotatable bonds is 10. The molecule has 1 unspecified atom stereocenters. The fraction of sp³-hybridized carbons (Fsp3) is 0.409. The number of nitrogens with one attached hydrogen (secondary N) is 1. The van der Waals surface area contributed by atoms with Gasteiger partial charge < -0.3 is 19.9 Å². The number of carbonyl (C=O) groups is 2. The van der Waals surface area contributed by atoms with Crippen molar-refractivity contribution in [2.24, 2.45) is 0 Å². The van der Waals surface area contributed by atoms with Crippen LogP contribution in [0.5, 0.6) is 5.75 Å². The highest BCUT2D eigenvalue weighted by atomic mass is 19.1. The molecule has 0 spiro atoms. The van der Waals surface area contributed by atoms with Gasteiger partial charge in [0.15, 0.2) is 12.0 Å². The Bertz CT molecular complexity index is 1010. The van der Waals surface area contributed by atoms with Crippen LogP contribution in [0.15, 0.2) is 29.2 Å². The van der Waals surface area contributed by atoms with E-state index in [1.807, 2.05) is 14.0 Å². The first-order valence-electron chi connectivity index (χ1n) is 10.0. The average Bonchev–Trinajstić information content (AvgIpc) is 2.73. The van der Waals surface area contributed by atoms with Crippen LogP contribution in [0.3, 0.4) is 0 Å². The van der Waals surface area contributed by atoms with Crippen LogP contribution in [-0.4, -0.2) is 46.4 Å². The van der Waals surface area contributed by atoms with Crippen LogP contribution in [0, 0.1) is 11.6 Å². The van der Waals surface area contributed by atoms with Gasteiger partial charge in [-0.25, -0.2) is 8.78 Å². The van der Waals surface area contributed by atoms with Gasteiger partial charge in [0.2, 0.25) is 5.43 Å². The minimum atomic E-state index is -0.998. The minimum absolute atomic E-state index is 0.0370. The van der Waals surface area contributed by atoms with E-state index in [-0.39, 0.29) is 36.0 Å². The molecule has 2 rings (SSSR count). The Balaban J connectivity index is 2.27. The number of carbonyl (C=O) groups excluding carboxylic acids is 2. The monoisotopic (exact) mass is 435 g/mol. The van der Waals surface area contributed by atoms with Crippen LogP contribution in [-0.2, 0) is 13.1 Å². The molecular formula is C22H27F2N3O4. The van der Waals surface area contributed by atoms with Gasteiger partial charge in [-0.05, 0) is 33.0 Å². The molecule has 0 saturated heterocycles. The molecule has 31 heavy (non-hydrogen) atoms. The number of benzene rings is 1. The zero-order chi connectivity index (χ0) is 23.1. The number of nitrogens with zero attached hydrogens (tertiary/aromatic N) is 2. The van der Waals surface area contributed by atoms with Gasteiger partial charge in [-0.15, -0.1) is 0 Å². The molecule has 0 aliphatic rings. The average molecular weight is 435 g/mol. The minimum Gasteiger partial charge on any atom is -0.503 e. The maximum atomic E-state index is 13.8. The first kappa shape index (κ1) is 24.2. The molecule has 1 aromatic heterocycles. The number of pyridine rings is 1. The second kappa shape index (κ2) is 10.8. The number of hydrogen-bond donors (Lipinski definition) is 2. The largest absolute Gasteiger partial charge is 0.503 e. The van der Waals surface area contributed by atoms with Crippen LogP contribution in [0.4, 0.5) is 8.78 Å². The number of unbranched alkanes of at least 4 members (excludes halogenated alkanes) is 1. The summed E-state index contributed by atoms with van der Waals surface area (Å²) in [5.74, 6) is -3.25. The standard InChI is InChI=1S/C22H27F2N3O4/c1-4-5-8-26(3)14(2)11-27-12-17(20(29)21(30)19(27)13-28)22(31)25-10-15-6-7-16(23)9-18(15)24/h6-7,9,12-14,30H,4-5,8,10-11H2,1-3H3,(H,25,31). The molecule has 7 nitrogen and oxygen atoms in total. The molecule has 2 N–H and O–H groups in total. The summed E-state index contributed by atoms with van der Waals surface area (Å²) in [5, 5.41) is 12.6. The molecule has 0 saturated carbocycles. The summed E-state index contributed by atoms with van der Waals surface area (Å²) in [6.45, 7) is 4.81. The smallest absolute Gasteiger partial charge is 0.257 e. The zero-order valence-corrected chi connectivity index (χ0v) is 17.8. The Hall–Kier alpha value is -3.07. The lowest BCUT2D eigenvalue weighted by molar-refractivity contribution is 0.0946. The van der Waals surface area contributed by atoms with Crippen LogP contribution in [0.25, 0.3) is 0 Å². The summed E-state index contributed by atoms with van der Waals surface area (Å²) >= 11 is 0. The van der Waals surface area contributed by atoms with E-state index in [0.717, 1.165) is 25.5 Å². The van der Waals surface area contributed by atoms with Gasteiger partial charge in [-0.3, -0.25) is 14.4 Å². The van der Waals surface area contributed by atoms with Gasteiger partial charge in [-0.2, -0.15) is 0 Å². The maximum Gasteiger partial charge on any atom is 0.257 e. The summed E-state index contributed by atoms with van der Waals surface area (Å²) in [7, 11) is 1.92. The van der Waals surface area contributed by atoms with Crippen molar-refractivity contribution in [2.75, 3.05) is 13.6 Å². The van der Waals surface area contributed by atoms with Gasteiger partial charge in [0.05, 0.1) is 0 Å². The van der Waals surface area contributed by atoms with E-state index in [1.165, 1.54) is 16.8 Å². The lowest BCUT2D eigenvalue weighted by Gasteiger charge is -2.26. The molecule has 1 aromatic carbocycles. The van der Waals surface area contributed by atoms with Gasteiger partial charge in [-0.1, -0.05) is 19.4 Å². The van der Waals surface area contributed by atoms with E-state index in [2.05, 4.69) is 17.1 Å². The fourth-order valence-corrected chi connectivity index (χ4v) is 3.09. The SMILES string of the molecule is CCCCN(C)C(C)Cn1cc(C(=O)NCc2ccc(F)cc2F)c(=O)c(O)c1C=O. The Morgan fingerprint density at radius 1 is 1.35 bits per heavy atom. The molecule has 1 amide bonds. The molecule has 0 bridgehead atoms. The van der Waals surface area contributed by atoms with Crippen molar-refractivity contribution >= 4 is 12.2 Å². The highest BCUT2D eigenvalue weighted by molar-refractivity contribution is 5.95. The zero-order valence-electron chi connectivity index (χ0n) is 17.8. The Morgan fingerprint density at radius 3 is 2.68 bits per heavy atom. The van der Waals surface area contributed by atoms with Crippen LogP contribution >= 0.6 is 0 Å². The molecule has 0 aliphatic carbocycles. The number of aldehydes is 1. The van der Waals surface area contributed by atoms with E-state index in [1.54, 1.807) is 0 Å². The summed E-state index contributed by atoms with van der Waals surface area (Å²) in [4.78, 5) is 38.5. The van der Waals surface area contributed by atoms with Gasteiger partial charge in [0.25, 0.3) is 5.91 Å². The fourth-order valence-electron chi connectivity index (χ4n) is 3.09. The van der Waals surface area contributed by atoms with Crippen molar-refractivity contribution in [1.82, 2.24) is 14.8 Å². The molecule has 1 heterocycles. The summed E-state index contributed by atoms with van der Waals surface area (Å²) in [6.07, 6.45) is 3.59. The van der Waals surface area contributed by atoms with E-state index in [9.17, 15) is 28.3 Å². The van der Waals surface area contributed by atoms with E-state index < -0.39 is 28.7 Å². The van der Waals surface area contributed by atoms with Crippen LogP contribution < -0.4 is 10.7 Å². The molecule has 0 fully saturated rings. The number of halogens is 2. The summed E-state index contributed by atoms with van der Waals surface area (Å²) < 4.78 is 28.2. The first-order chi connectivity index (χ1) is 14.7.